The van der Waals surface area contributed by atoms with Crippen molar-refractivity contribution < 1.29 is 9.59 Å². The number of hydrogen-bond donors (Lipinski definition) is 1. The number of anilines is 1. The molecule has 0 saturated carbocycles. The zero-order chi connectivity index (χ0) is 15.1. The molecule has 1 aromatic carbocycles. The Hall–Kier alpha value is -2.69. The second-order valence-electron chi connectivity index (χ2n) is 4.61. The molecule has 1 N–H and O–H groups in total. The zero-order valence-electron chi connectivity index (χ0n) is 11.8. The second-order valence-corrected chi connectivity index (χ2v) is 4.61. The highest BCUT2D eigenvalue weighted by Crippen LogP contribution is 2.06. The zero-order valence-corrected chi connectivity index (χ0v) is 11.8. The van der Waals surface area contributed by atoms with Gasteiger partial charge in [-0.15, -0.1) is 0 Å². The van der Waals surface area contributed by atoms with Crippen LogP contribution >= 0.6 is 0 Å². The van der Waals surface area contributed by atoms with Crippen LogP contribution in [0.5, 0.6) is 0 Å². The largest absolute Gasteiger partial charge is 0.328 e. The molecule has 0 fully saturated rings. The van der Waals surface area contributed by atoms with E-state index in [4.69, 9.17) is 0 Å². The topological polar surface area (TPSA) is 62.3 Å². The Morgan fingerprint density at radius 1 is 1.10 bits per heavy atom. The summed E-state index contributed by atoms with van der Waals surface area (Å²) >= 11 is 0. The van der Waals surface area contributed by atoms with Crippen LogP contribution in [0.2, 0.25) is 0 Å². The first-order chi connectivity index (χ1) is 10.1. The van der Waals surface area contributed by atoms with Crippen molar-refractivity contribution in [3.63, 3.8) is 0 Å². The van der Waals surface area contributed by atoms with Gasteiger partial charge in [0.25, 0.3) is 0 Å². The van der Waals surface area contributed by atoms with Gasteiger partial charge >= 0.3 is 0 Å². The van der Waals surface area contributed by atoms with Crippen molar-refractivity contribution in [3.05, 3.63) is 60.4 Å². The van der Waals surface area contributed by atoms with E-state index in [2.05, 4.69) is 10.3 Å². The van der Waals surface area contributed by atoms with Crippen LogP contribution in [-0.4, -0.2) is 28.2 Å². The maximum atomic E-state index is 12.0. The molecule has 0 atom stereocenters. The van der Waals surface area contributed by atoms with Crippen molar-refractivity contribution in [2.45, 2.75) is 13.5 Å². The lowest BCUT2D eigenvalue weighted by atomic mass is 10.3. The summed E-state index contributed by atoms with van der Waals surface area (Å²) in [4.78, 5) is 29.3. The number of nitrogens with zero attached hydrogens (tertiary/aromatic N) is 2. The van der Waals surface area contributed by atoms with Crippen molar-refractivity contribution >= 4 is 17.5 Å². The van der Waals surface area contributed by atoms with Gasteiger partial charge in [-0.25, -0.2) is 0 Å². The summed E-state index contributed by atoms with van der Waals surface area (Å²) in [5.74, 6) is -0.392. The van der Waals surface area contributed by atoms with Crippen molar-refractivity contribution in [2.75, 3.05) is 11.9 Å². The van der Waals surface area contributed by atoms with E-state index in [0.717, 1.165) is 5.69 Å². The normalized spacial score (nSPS) is 9.95. The molecule has 2 aromatic rings. The summed E-state index contributed by atoms with van der Waals surface area (Å²) in [7, 11) is 0. The van der Waals surface area contributed by atoms with Crippen LogP contribution in [0.15, 0.2) is 54.7 Å². The van der Waals surface area contributed by atoms with E-state index in [0.29, 0.717) is 12.2 Å². The molecule has 0 unspecified atom stereocenters. The highest BCUT2D eigenvalue weighted by molar-refractivity contribution is 5.94. The molecule has 108 valence electrons. The number of carbonyl (C=O) groups is 2. The predicted molar refractivity (Wildman–Crippen MR) is 80.4 cm³/mol. The van der Waals surface area contributed by atoms with Crippen molar-refractivity contribution in [1.82, 2.24) is 9.88 Å². The van der Waals surface area contributed by atoms with E-state index in [9.17, 15) is 9.59 Å². The minimum absolute atomic E-state index is 0.000796. The van der Waals surface area contributed by atoms with E-state index in [1.165, 1.54) is 11.8 Å². The molecule has 0 spiro atoms. The second kappa shape index (κ2) is 7.19. The molecular weight excluding hydrogens is 266 g/mol. The Morgan fingerprint density at radius 3 is 2.43 bits per heavy atom. The monoisotopic (exact) mass is 283 g/mol. The van der Waals surface area contributed by atoms with Crippen LogP contribution in [0.25, 0.3) is 0 Å². The number of aromatic nitrogens is 1. The van der Waals surface area contributed by atoms with Gasteiger partial charge in [0.2, 0.25) is 11.8 Å². The number of carbonyl (C=O) groups excluding carboxylic acids is 2. The summed E-state index contributed by atoms with van der Waals surface area (Å²) in [6.07, 6.45) is 1.66. The first-order valence-electron chi connectivity index (χ1n) is 6.65. The van der Waals surface area contributed by atoms with Gasteiger partial charge in [-0.3, -0.25) is 14.6 Å². The molecule has 2 rings (SSSR count). The molecule has 1 heterocycles. The van der Waals surface area contributed by atoms with Gasteiger partial charge in [0.05, 0.1) is 12.2 Å². The number of pyridine rings is 1. The van der Waals surface area contributed by atoms with Gasteiger partial charge in [0, 0.05) is 18.8 Å². The Bertz CT molecular complexity index is 599. The van der Waals surface area contributed by atoms with Gasteiger partial charge in [-0.1, -0.05) is 24.3 Å². The lowest BCUT2D eigenvalue weighted by Gasteiger charge is -2.20. The quantitative estimate of drug-likeness (QED) is 0.913. The molecule has 0 saturated heterocycles. The van der Waals surface area contributed by atoms with Crippen LogP contribution in [-0.2, 0) is 16.1 Å². The average Bonchev–Trinajstić information content (AvgIpc) is 2.48. The van der Waals surface area contributed by atoms with Crippen molar-refractivity contribution in [3.8, 4) is 0 Å². The fourth-order valence-corrected chi connectivity index (χ4v) is 1.86. The van der Waals surface area contributed by atoms with Gasteiger partial charge < -0.3 is 10.2 Å². The third kappa shape index (κ3) is 4.72. The molecule has 0 aliphatic rings. The molecule has 0 aliphatic carbocycles. The van der Waals surface area contributed by atoms with Crippen LogP contribution in [0.3, 0.4) is 0 Å². The van der Waals surface area contributed by atoms with E-state index in [1.807, 2.05) is 36.4 Å². The van der Waals surface area contributed by atoms with E-state index in [-0.39, 0.29) is 18.4 Å². The summed E-state index contributed by atoms with van der Waals surface area (Å²) in [5.41, 5.74) is 1.46. The molecule has 0 bridgehead atoms. The Balaban J connectivity index is 1.96. The lowest BCUT2D eigenvalue weighted by Crippen LogP contribution is -2.36. The Kier molecular flexibility index (Phi) is 5.04. The summed E-state index contributed by atoms with van der Waals surface area (Å²) in [6, 6.07) is 14.6. The summed E-state index contributed by atoms with van der Waals surface area (Å²) < 4.78 is 0. The highest BCUT2D eigenvalue weighted by atomic mass is 16.2. The molecule has 0 aliphatic heterocycles. The SMILES string of the molecule is CC(=O)N(CC(=O)Nc1ccccc1)Cc1ccccn1. The van der Waals surface area contributed by atoms with Gasteiger partial charge in [-0.2, -0.15) is 0 Å². The van der Waals surface area contributed by atoms with Gasteiger partial charge in [-0.05, 0) is 24.3 Å². The number of nitrogens with one attached hydrogen (secondary N) is 1. The number of hydrogen-bond acceptors (Lipinski definition) is 3. The maximum absolute atomic E-state index is 12.0. The molecular formula is C16H17N3O2. The minimum atomic E-state index is -0.229. The van der Waals surface area contributed by atoms with E-state index < -0.39 is 0 Å². The summed E-state index contributed by atoms with van der Waals surface area (Å²) in [6.45, 7) is 1.76. The predicted octanol–water partition coefficient (Wildman–Crippen LogP) is 2.07. The number of rotatable bonds is 5. The lowest BCUT2D eigenvalue weighted by molar-refractivity contribution is -0.133. The van der Waals surface area contributed by atoms with E-state index in [1.54, 1.807) is 18.3 Å². The Morgan fingerprint density at radius 2 is 1.81 bits per heavy atom. The molecule has 2 amide bonds. The number of benzene rings is 1. The minimum Gasteiger partial charge on any atom is -0.328 e. The molecule has 5 nitrogen and oxygen atoms in total. The maximum Gasteiger partial charge on any atom is 0.244 e. The summed E-state index contributed by atoms with van der Waals surface area (Å²) in [5, 5.41) is 2.76. The number of amides is 2. The molecule has 21 heavy (non-hydrogen) atoms. The third-order valence-electron chi connectivity index (χ3n) is 2.92. The highest BCUT2D eigenvalue weighted by Gasteiger charge is 2.14. The molecule has 0 radical (unpaired) electrons. The van der Waals surface area contributed by atoms with Gasteiger partial charge in [0.1, 0.15) is 6.54 Å². The molecule has 1 aromatic heterocycles. The van der Waals surface area contributed by atoms with Crippen LogP contribution in [0.4, 0.5) is 5.69 Å². The smallest absolute Gasteiger partial charge is 0.244 e. The van der Waals surface area contributed by atoms with Crippen LogP contribution in [0, 0.1) is 0 Å². The number of para-hydroxylation sites is 1. The standard InChI is InChI=1S/C16H17N3O2/c1-13(20)19(11-15-9-5-6-10-17-15)12-16(21)18-14-7-3-2-4-8-14/h2-10H,11-12H2,1H3,(H,18,21). The van der Waals surface area contributed by atoms with E-state index >= 15 is 0 Å². The fraction of sp³-hybridized carbons (Fsp3) is 0.188. The molecule has 5 heteroatoms. The van der Waals surface area contributed by atoms with Gasteiger partial charge in [0.15, 0.2) is 0 Å². The Labute approximate surface area is 123 Å². The first kappa shape index (κ1) is 14.7. The van der Waals surface area contributed by atoms with Crippen LogP contribution < -0.4 is 5.32 Å². The van der Waals surface area contributed by atoms with Crippen molar-refractivity contribution in [2.24, 2.45) is 0 Å². The average molecular weight is 283 g/mol. The third-order valence-corrected chi connectivity index (χ3v) is 2.92. The first-order valence-corrected chi connectivity index (χ1v) is 6.65. The van der Waals surface area contributed by atoms with Crippen molar-refractivity contribution in [1.29, 1.82) is 0 Å². The van der Waals surface area contributed by atoms with Crippen LogP contribution in [0.1, 0.15) is 12.6 Å². The fourth-order valence-electron chi connectivity index (χ4n) is 1.86.